The Kier molecular flexibility index (Phi) is 7.89. The van der Waals surface area contributed by atoms with Gasteiger partial charge in [-0.05, 0) is 66.8 Å². The molecule has 35 heavy (non-hydrogen) atoms. The third-order valence-corrected chi connectivity index (χ3v) is 6.20. The lowest BCUT2D eigenvalue weighted by atomic mass is 10.1. The summed E-state index contributed by atoms with van der Waals surface area (Å²) < 4.78 is 18.9. The number of benzene rings is 1. The van der Waals surface area contributed by atoms with E-state index in [1.165, 1.54) is 23.2 Å². The molecule has 0 bridgehead atoms. The summed E-state index contributed by atoms with van der Waals surface area (Å²) in [5.41, 5.74) is 0.593. The molecule has 0 saturated heterocycles. The summed E-state index contributed by atoms with van der Waals surface area (Å²) in [6, 6.07) is 8.21. The molecule has 1 N–H and O–H groups in total. The van der Waals surface area contributed by atoms with Crippen LogP contribution in [0.15, 0.2) is 47.1 Å². The fraction of sp³-hybridized carbons (Fsp3) is 0.480. The number of rotatable bonds is 10. The Labute approximate surface area is 203 Å². The third-order valence-electron chi connectivity index (χ3n) is 6.20. The molecular formula is C25H31FN6O3. The molecule has 3 aromatic rings. The van der Waals surface area contributed by atoms with Crippen LogP contribution in [0, 0.1) is 11.7 Å². The van der Waals surface area contributed by atoms with Gasteiger partial charge in [-0.1, -0.05) is 26.7 Å². The van der Waals surface area contributed by atoms with Gasteiger partial charge in [-0.25, -0.2) is 4.39 Å². The van der Waals surface area contributed by atoms with E-state index in [1.54, 1.807) is 29.2 Å². The zero-order valence-electron chi connectivity index (χ0n) is 20.1. The number of tetrazole rings is 1. The lowest BCUT2D eigenvalue weighted by Gasteiger charge is -2.34. The van der Waals surface area contributed by atoms with Gasteiger partial charge in [-0.2, -0.15) is 4.80 Å². The number of aromatic nitrogens is 4. The molecule has 0 spiro atoms. The molecule has 0 radical (unpaired) electrons. The van der Waals surface area contributed by atoms with Gasteiger partial charge in [-0.3, -0.25) is 9.59 Å². The van der Waals surface area contributed by atoms with Crippen LogP contribution < -0.4 is 5.32 Å². The monoisotopic (exact) mass is 482 g/mol. The molecule has 2 amide bonds. The lowest BCUT2D eigenvalue weighted by molar-refractivity contribution is -0.145. The van der Waals surface area contributed by atoms with Crippen molar-refractivity contribution in [2.24, 2.45) is 5.92 Å². The fourth-order valence-corrected chi connectivity index (χ4v) is 4.39. The van der Waals surface area contributed by atoms with E-state index in [-0.39, 0.29) is 30.2 Å². The molecule has 2 aromatic heterocycles. The largest absolute Gasteiger partial charge is 0.467 e. The molecule has 1 aromatic carbocycles. The van der Waals surface area contributed by atoms with Crippen LogP contribution in [0.5, 0.6) is 0 Å². The lowest BCUT2D eigenvalue weighted by Crippen LogP contribution is -2.49. The van der Waals surface area contributed by atoms with Gasteiger partial charge in [0.25, 0.3) is 5.91 Å². The highest BCUT2D eigenvalue weighted by Gasteiger charge is 2.39. The molecular weight excluding hydrogens is 451 g/mol. The van der Waals surface area contributed by atoms with Crippen molar-refractivity contribution in [1.82, 2.24) is 30.4 Å². The number of halogens is 1. The number of carbonyl (C=O) groups is 2. The summed E-state index contributed by atoms with van der Waals surface area (Å²) in [6.07, 6.45) is 5.95. The van der Waals surface area contributed by atoms with Crippen LogP contribution in [0.4, 0.5) is 4.39 Å². The molecule has 2 heterocycles. The Morgan fingerprint density at radius 2 is 1.94 bits per heavy atom. The number of nitrogens with one attached hydrogen (secondary N) is 1. The van der Waals surface area contributed by atoms with Gasteiger partial charge in [0.05, 0.1) is 6.26 Å². The summed E-state index contributed by atoms with van der Waals surface area (Å²) in [5.74, 6) is 0.239. The van der Waals surface area contributed by atoms with Crippen LogP contribution in [-0.4, -0.2) is 49.5 Å². The van der Waals surface area contributed by atoms with E-state index in [0.29, 0.717) is 29.6 Å². The van der Waals surface area contributed by atoms with Crippen LogP contribution in [0.1, 0.15) is 57.8 Å². The number of furan rings is 1. The Morgan fingerprint density at radius 1 is 1.20 bits per heavy atom. The first-order chi connectivity index (χ1) is 16.9. The van der Waals surface area contributed by atoms with Crippen molar-refractivity contribution in [3.05, 3.63) is 54.2 Å². The average Bonchev–Trinajstić information content (AvgIpc) is 3.60. The molecule has 186 valence electrons. The molecule has 1 saturated carbocycles. The highest BCUT2D eigenvalue weighted by Crippen LogP contribution is 2.32. The fourth-order valence-electron chi connectivity index (χ4n) is 4.39. The molecule has 1 atom stereocenters. The Hall–Kier alpha value is -3.56. The second kappa shape index (κ2) is 11.2. The molecule has 1 aliphatic carbocycles. The van der Waals surface area contributed by atoms with Crippen LogP contribution in [0.2, 0.25) is 0 Å². The normalized spacial score (nSPS) is 14.9. The SMILES string of the molecule is CC(C)CCNC(=O)[C@H](c1ccco1)N(C(=O)Cn1nnc(-c2ccc(F)cc2)n1)C1CCCC1. The molecule has 0 unspecified atom stereocenters. The number of nitrogens with zero attached hydrogens (tertiary/aromatic N) is 5. The predicted octanol–water partition coefficient (Wildman–Crippen LogP) is 3.75. The predicted molar refractivity (Wildman–Crippen MR) is 126 cm³/mol. The second-order valence-corrected chi connectivity index (χ2v) is 9.28. The van der Waals surface area contributed by atoms with Crippen molar-refractivity contribution in [1.29, 1.82) is 0 Å². The van der Waals surface area contributed by atoms with E-state index < -0.39 is 6.04 Å². The van der Waals surface area contributed by atoms with Crippen LogP contribution in [0.3, 0.4) is 0 Å². The topological polar surface area (TPSA) is 106 Å². The zero-order chi connectivity index (χ0) is 24.8. The van der Waals surface area contributed by atoms with Crippen LogP contribution >= 0.6 is 0 Å². The van der Waals surface area contributed by atoms with Crippen molar-refractivity contribution < 1.29 is 18.4 Å². The zero-order valence-corrected chi connectivity index (χ0v) is 20.1. The third kappa shape index (κ3) is 6.12. The van der Waals surface area contributed by atoms with Crippen LogP contribution in [-0.2, 0) is 16.1 Å². The van der Waals surface area contributed by atoms with Gasteiger partial charge >= 0.3 is 0 Å². The van der Waals surface area contributed by atoms with E-state index >= 15 is 0 Å². The minimum atomic E-state index is -0.882. The van der Waals surface area contributed by atoms with E-state index in [1.807, 2.05) is 0 Å². The highest BCUT2D eigenvalue weighted by molar-refractivity contribution is 5.88. The molecule has 1 fully saturated rings. The molecule has 9 nitrogen and oxygen atoms in total. The van der Waals surface area contributed by atoms with Crippen molar-refractivity contribution >= 4 is 11.8 Å². The standard InChI is InChI=1S/C25H31FN6O3/c1-17(2)13-14-27-25(34)23(21-8-5-15-35-21)32(20-6-3-4-7-20)22(33)16-31-29-24(28-30-31)18-9-11-19(26)12-10-18/h5,8-12,15,17,20,23H,3-4,6-7,13-14,16H2,1-2H3,(H,27,34)/t23-/m0/s1. The van der Waals surface area contributed by atoms with Crippen LogP contribution in [0.25, 0.3) is 11.4 Å². The Bertz CT molecular complexity index is 1110. The second-order valence-electron chi connectivity index (χ2n) is 9.28. The van der Waals surface area contributed by atoms with Gasteiger partial charge in [0, 0.05) is 18.2 Å². The average molecular weight is 483 g/mol. The van der Waals surface area contributed by atoms with Gasteiger partial charge < -0.3 is 14.6 Å². The van der Waals surface area contributed by atoms with Crippen molar-refractivity contribution in [3.63, 3.8) is 0 Å². The van der Waals surface area contributed by atoms with E-state index in [9.17, 15) is 14.0 Å². The van der Waals surface area contributed by atoms with Gasteiger partial charge in [0.2, 0.25) is 11.7 Å². The Morgan fingerprint density at radius 3 is 2.60 bits per heavy atom. The first-order valence-corrected chi connectivity index (χ1v) is 12.1. The molecule has 0 aliphatic heterocycles. The quantitative estimate of drug-likeness (QED) is 0.472. The minimum Gasteiger partial charge on any atom is -0.467 e. The highest BCUT2D eigenvalue weighted by atomic mass is 19.1. The van der Waals surface area contributed by atoms with Gasteiger partial charge in [0.15, 0.2) is 6.04 Å². The number of hydrogen-bond acceptors (Lipinski definition) is 6. The molecule has 10 heteroatoms. The van der Waals surface area contributed by atoms with Crippen molar-refractivity contribution in [2.45, 2.75) is 64.6 Å². The maximum absolute atomic E-state index is 13.6. The van der Waals surface area contributed by atoms with E-state index in [4.69, 9.17) is 4.42 Å². The van der Waals surface area contributed by atoms with Crippen molar-refractivity contribution in [2.75, 3.05) is 6.54 Å². The Balaban J connectivity index is 1.57. The maximum atomic E-state index is 13.6. The summed E-state index contributed by atoms with van der Waals surface area (Å²) in [7, 11) is 0. The first-order valence-electron chi connectivity index (χ1n) is 12.1. The number of carbonyl (C=O) groups excluding carboxylic acids is 2. The molecule has 1 aliphatic rings. The van der Waals surface area contributed by atoms with E-state index in [0.717, 1.165) is 32.1 Å². The van der Waals surface area contributed by atoms with Gasteiger partial charge in [0.1, 0.15) is 18.1 Å². The number of amides is 2. The van der Waals surface area contributed by atoms with Crippen molar-refractivity contribution in [3.8, 4) is 11.4 Å². The molecule has 4 rings (SSSR count). The van der Waals surface area contributed by atoms with Gasteiger partial charge in [-0.15, -0.1) is 10.2 Å². The van der Waals surface area contributed by atoms with E-state index in [2.05, 4.69) is 34.6 Å². The smallest absolute Gasteiger partial charge is 0.250 e. The minimum absolute atomic E-state index is 0.0893. The maximum Gasteiger partial charge on any atom is 0.250 e. The summed E-state index contributed by atoms with van der Waals surface area (Å²) in [4.78, 5) is 29.8. The first kappa shape index (κ1) is 24.6. The number of hydrogen-bond donors (Lipinski definition) is 1. The summed E-state index contributed by atoms with van der Waals surface area (Å²) in [6.45, 7) is 4.53. The summed E-state index contributed by atoms with van der Waals surface area (Å²) in [5, 5.41) is 15.3. The summed E-state index contributed by atoms with van der Waals surface area (Å²) >= 11 is 0.